The molecule has 0 atom stereocenters. The molecule has 0 spiro atoms. The Morgan fingerprint density at radius 3 is 2.34 bits per heavy atom. The minimum Gasteiger partial charge on any atom is -0.452 e. The normalized spacial score (nSPS) is 10.4. The van der Waals surface area contributed by atoms with Crippen molar-refractivity contribution in [2.75, 3.05) is 24.6 Å². The van der Waals surface area contributed by atoms with Crippen molar-refractivity contribution in [2.24, 2.45) is 0 Å². The van der Waals surface area contributed by atoms with Crippen molar-refractivity contribution in [2.45, 2.75) is 4.90 Å². The Morgan fingerprint density at radius 1 is 1.10 bits per heavy atom. The van der Waals surface area contributed by atoms with Gasteiger partial charge in [0.25, 0.3) is 5.91 Å². The lowest BCUT2D eigenvalue weighted by molar-refractivity contribution is -0.121. The number of terminal acetylenes is 1. The quantitative estimate of drug-likeness (QED) is 0.398. The number of benzene rings is 2. The van der Waals surface area contributed by atoms with Gasteiger partial charge < -0.3 is 4.74 Å². The molecule has 148 valence electrons. The predicted molar refractivity (Wildman–Crippen MR) is 105 cm³/mol. The first-order chi connectivity index (χ1) is 13.9. The van der Waals surface area contributed by atoms with Crippen LogP contribution in [0.3, 0.4) is 0 Å². The number of carbonyl (C=O) groups is 2. The Kier molecular flexibility index (Phi) is 7.49. The Hall–Kier alpha value is -3.66. The highest BCUT2D eigenvalue weighted by Crippen LogP contribution is 2.14. The van der Waals surface area contributed by atoms with Gasteiger partial charge in [0.2, 0.25) is 10.0 Å². The van der Waals surface area contributed by atoms with Crippen molar-refractivity contribution < 1.29 is 22.7 Å². The summed E-state index contributed by atoms with van der Waals surface area (Å²) in [5, 5.41) is 8.93. The van der Waals surface area contributed by atoms with Gasteiger partial charge >= 0.3 is 5.97 Å². The number of ether oxygens (including phenoxy) is 1. The van der Waals surface area contributed by atoms with Crippen molar-refractivity contribution >= 4 is 27.6 Å². The molecule has 8 nitrogen and oxygen atoms in total. The second kappa shape index (κ2) is 10.0. The van der Waals surface area contributed by atoms with Crippen LogP contribution in [0, 0.1) is 23.7 Å². The summed E-state index contributed by atoms with van der Waals surface area (Å²) in [4.78, 5) is 25.6. The molecule has 2 aromatic rings. The van der Waals surface area contributed by atoms with Gasteiger partial charge in [-0.05, 0) is 36.4 Å². The molecule has 0 saturated carbocycles. The van der Waals surface area contributed by atoms with Crippen molar-refractivity contribution in [1.29, 1.82) is 5.26 Å². The number of hydrogen-bond donors (Lipinski definition) is 1. The fraction of sp³-hybridized carbons (Fsp3) is 0.150. The van der Waals surface area contributed by atoms with Crippen LogP contribution in [0.5, 0.6) is 0 Å². The first kappa shape index (κ1) is 21.6. The van der Waals surface area contributed by atoms with Crippen LogP contribution in [0.1, 0.15) is 10.4 Å². The van der Waals surface area contributed by atoms with Crippen molar-refractivity contribution in [3.8, 4) is 18.4 Å². The van der Waals surface area contributed by atoms with Crippen molar-refractivity contribution in [1.82, 2.24) is 4.72 Å². The highest BCUT2D eigenvalue weighted by molar-refractivity contribution is 7.89. The molecule has 1 amide bonds. The van der Waals surface area contributed by atoms with Gasteiger partial charge in [-0.1, -0.05) is 24.1 Å². The number of nitrogens with one attached hydrogen (secondary N) is 1. The monoisotopic (exact) mass is 411 g/mol. The van der Waals surface area contributed by atoms with E-state index in [0.29, 0.717) is 5.69 Å². The number of rotatable bonds is 8. The number of nitrogens with zero attached hydrogens (tertiary/aromatic N) is 2. The SMILES string of the molecule is C#CCNS(=O)(=O)c1ccc(C(=O)OCC(=O)N(CC#N)c2ccccc2)cc1. The van der Waals surface area contributed by atoms with Gasteiger partial charge in [-0.2, -0.15) is 9.98 Å². The van der Waals surface area contributed by atoms with E-state index in [1.54, 1.807) is 30.3 Å². The first-order valence-electron chi connectivity index (χ1n) is 8.31. The van der Waals surface area contributed by atoms with E-state index in [2.05, 4.69) is 10.6 Å². The van der Waals surface area contributed by atoms with Crippen LogP contribution in [-0.4, -0.2) is 40.0 Å². The van der Waals surface area contributed by atoms with Crippen molar-refractivity contribution in [3.63, 3.8) is 0 Å². The van der Waals surface area contributed by atoms with E-state index in [4.69, 9.17) is 16.4 Å². The first-order valence-corrected chi connectivity index (χ1v) is 9.80. The largest absolute Gasteiger partial charge is 0.452 e. The third kappa shape index (κ3) is 5.91. The highest BCUT2D eigenvalue weighted by atomic mass is 32.2. The molecule has 0 fully saturated rings. The summed E-state index contributed by atoms with van der Waals surface area (Å²) in [5.41, 5.74) is 0.573. The molecule has 0 heterocycles. The number of amides is 1. The lowest BCUT2D eigenvalue weighted by Crippen LogP contribution is -2.35. The van der Waals surface area contributed by atoms with Crippen LogP contribution < -0.4 is 9.62 Å². The minimum absolute atomic E-state index is 0.0651. The maximum absolute atomic E-state index is 12.3. The van der Waals surface area contributed by atoms with E-state index < -0.39 is 28.5 Å². The molecular weight excluding hydrogens is 394 g/mol. The summed E-state index contributed by atoms with van der Waals surface area (Å²) in [7, 11) is -3.77. The van der Waals surface area contributed by atoms with Crippen LogP contribution in [0.25, 0.3) is 0 Å². The number of para-hydroxylation sites is 1. The highest BCUT2D eigenvalue weighted by Gasteiger charge is 2.19. The van der Waals surface area contributed by atoms with Crippen LogP contribution in [0.15, 0.2) is 59.5 Å². The van der Waals surface area contributed by atoms with Gasteiger partial charge in [0.1, 0.15) is 6.54 Å². The molecule has 0 unspecified atom stereocenters. The van der Waals surface area contributed by atoms with E-state index in [-0.39, 0.29) is 23.5 Å². The number of esters is 1. The number of sulfonamides is 1. The zero-order valence-corrected chi connectivity index (χ0v) is 16.1. The van der Waals surface area contributed by atoms with Gasteiger partial charge in [-0.3, -0.25) is 9.69 Å². The molecular formula is C20H17N3O5S. The zero-order chi connectivity index (χ0) is 21.3. The van der Waals surface area contributed by atoms with Gasteiger partial charge in [0, 0.05) is 5.69 Å². The molecule has 0 aromatic heterocycles. The van der Waals surface area contributed by atoms with Crippen molar-refractivity contribution in [3.05, 3.63) is 60.2 Å². The number of anilines is 1. The topological polar surface area (TPSA) is 117 Å². The predicted octanol–water partition coefficient (Wildman–Crippen LogP) is 1.31. The lowest BCUT2D eigenvalue weighted by atomic mass is 10.2. The maximum atomic E-state index is 12.3. The summed E-state index contributed by atoms with van der Waals surface area (Å²) in [6.45, 7) is -0.925. The van der Waals surface area contributed by atoms with E-state index in [1.807, 2.05) is 6.07 Å². The van der Waals surface area contributed by atoms with Crippen LogP contribution in [0.2, 0.25) is 0 Å². The fourth-order valence-electron chi connectivity index (χ4n) is 2.28. The third-order valence-electron chi connectivity index (χ3n) is 3.69. The lowest BCUT2D eigenvalue weighted by Gasteiger charge is -2.19. The summed E-state index contributed by atoms with van der Waals surface area (Å²) >= 11 is 0. The van der Waals surface area contributed by atoms with Gasteiger partial charge in [-0.25, -0.2) is 13.2 Å². The molecule has 2 rings (SSSR count). The zero-order valence-electron chi connectivity index (χ0n) is 15.2. The molecule has 0 saturated heterocycles. The average Bonchev–Trinajstić information content (AvgIpc) is 2.75. The fourth-order valence-corrected chi connectivity index (χ4v) is 3.22. The van der Waals surface area contributed by atoms with Crippen LogP contribution >= 0.6 is 0 Å². The average molecular weight is 411 g/mol. The summed E-state index contributed by atoms with van der Waals surface area (Å²) < 4.78 is 31.1. The Bertz CT molecular complexity index is 1050. The van der Waals surface area contributed by atoms with E-state index >= 15 is 0 Å². The molecule has 29 heavy (non-hydrogen) atoms. The summed E-state index contributed by atoms with van der Waals surface area (Å²) in [5.74, 6) is 0.792. The smallest absolute Gasteiger partial charge is 0.338 e. The molecule has 2 aromatic carbocycles. The second-order valence-corrected chi connectivity index (χ2v) is 7.37. The Morgan fingerprint density at radius 2 is 1.76 bits per heavy atom. The van der Waals surface area contributed by atoms with Crippen LogP contribution in [-0.2, 0) is 19.6 Å². The second-order valence-electron chi connectivity index (χ2n) is 5.60. The van der Waals surface area contributed by atoms with E-state index in [1.165, 1.54) is 29.2 Å². The number of hydrogen-bond acceptors (Lipinski definition) is 6. The Balaban J connectivity index is 2.02. The summed E-state index contributed by atoms with van der Waals surface area (Å²) in [6.07, 6.45) is 5.03. The van der Waals surface area contributed by atoms with Gasteiger partial charge in [0.05, 0.1) is 23.1 Å². The minimum atomic E-state index is -3.77. The molecule has 9 heteroatoms. The molecule has 0 bridgehead atoms. The molecule has 1 N–H and O–H groups in total. The van der Waals surface area contributed by atoms with Gasteiger partial charge in [0.15, 0.2) is 6.61 Å². The molecule has 0 aliphatic heterocycles. The van der Waals surface area contributed by atoms with Crippen LogP contribution in [0.4, 0.5) is 5.69 Å². The van der Waals surface area contributed by atoms with Gasteiger partial charge in [-0.15, -0.1) is 6.42 Å². The number of carbonyl (C=O) groups excluding carboxylic acids is 2. The Labute approximate surface area is 168 Å². The maximum Gasteiger partial charge on any atom is 0.338 e. The molecule has 0 aliphatic rings. The van der Waals surface area contributed by atoms with E-state index in [9.17, 15) is 18.0 Å². The summed E-state index contributed by atoms with van der Waals surface area (Å²) in [6, 6.07) is 15.4. The third-order valence-corrected chi connectivity index (χ3v) is 5.11. The molecule has 0 aliphatic carbocycles. The van der Waals surface area contributed by atoms with E-state index in [0.717, 1.165) is 0 Å². The molecule has 0 radical (unpaired) electrons. The standard InChI is InChI=1S/C20H17N3O5S/c1-2-13-22-29(26,27)18-10-8-16(9-11-18)20(25)28-15-19(24)23(14-12-21)17-6-4-3-5-7-17/h1,3-11,22H,13-15H2. The number of nitriles is 1.